The monoisotopic (exact) mass is 268 g/mol. The number of ether oxygens (including phenoxy) is 1. The van der Waals surface area contributed by atoms with Gasteiger partial charge in [-0.25, -0.2) is 14.8 Å². The van der Waals surface area contributed by atoms with Crippen molar-refractivity contribution in [2.24, 2.45) is 0 Å². The summed E-state index contributed by atoms with van der Waals surface area (Å²) in [4.78, 5) is 22.9. The Morgan fingerprint density at radius 3 is 2.65 bits per heavy atom. The van der Waals surface area contributed by atoms with E-state index in [9.17, 15) is 4.79 Å². The maximum Gasteiger partial charge on any atom is 0.355 e. The highest BCUT2D eigenvalue weighted by atomic mass is 16.5. The van der Waals surface area contributed by atoms with Crippen molar-refractivity contribution in [1.29, 1.82) is 0 Å². The molecule has 0 saturated carbocycles. The molecule has 0 saturated heterocycles. The topological polar surface area (TPSA) is 93.9 Å². The molecule has 1 aromatic carbocycles. The summed E-state index contributed by atoms with van der Waals surface area (Å²) in [5.74, 6) is -0.249. The molecule has 0 aliphatic rings. The molecule has 0 atom stereocenters. The second-order valence-corrected chi connectivity index (χ2v) is 4.24. The lowest BCUT2D eigenvalue weighted by molar-refractivity contribution is 0.0596. The van der Waals surface area contributed by atoms with Crippen LogP contribution in [0.1, 0.15) is 10.5 Å². The molecule has 0 radical (unpaired) electrons. The molecule has 0 unspecified atom stereocenters. The van der Waals surface area contributed by atoms with Crippen LogP contribution in [0.15, 0.2) is 36.7 Å². The number of hydrogen-bond acceptors (Lipinski definition) is 5. The van der Waals surface area contributed by atoms with Crippen LogP contribution in [0.2, 0.25) is 0 Å². The first kappa shape index (κ1) is 12.2. The van der Waals surface area contributed by atoms with Crippen LogP contribution in [-0.2, 0) is 4.74 Å². The van der Waals surface area contributed by atoms with Gasteiger partial charge in [0.1, 0.15) is 5.69 Å². The third kappa shape index (κ3) is 1.87. The van der Waals surface area contributed by atoms with Gasteiger partial charge >= 0.3 is 5.97 Å². The molecular weight excluding hydrogens is 256 g/mol. The fourth-order valence-electron chi connectivity index (χ4n) is 2.16. The molecule has 0 aliphatic carbocycles. The predicted octanol–water partition coefficient (Wildman–Crippen LogP) is 1.99. The molecule has 100 valence electrons. The van der Waals surface area contributed by atoms with Crippen LogP contribution in [-0.4, -0.2) is 28.0 Å². The van der Waals surface area contributed by atoms with Crippen molar-refractivity contribution in [2.45, 2.75) is 0 Å². The molecule has 2 aromatic heterocycles. The number of aromatic nitrogens is 3. The lowest BCUT2D eigenvalue weighted by atomic mass is 10.0. The van der Waals surface area contributed by atoms with E-state index in [0.29, 0.717) is 16.8 Å². The van der Waals surface area contributed by atoms with Crippen molar-refractivity contribution in [3.63, 3.8) is 0 Å². The fourth-order valence-corrected chi connectivity index (χ4v) is 2.16. The number of methoxy groups -OCH3 is 1. The Kier molecular flexibility index (Phi) is 2.83. The van der Waals surface area contributed by atoms with Gasteiger partial charge in [-0.15, -0.1) is 0 Å². The second-order valence-electron chi connectivity index (χ2n) is 4.24. The number of hydrogen-bond donors (Lipinski definition) is 2. The van der Waals surface area contributed by atoms with E-state index in [2.05, 4.69) is 15.0 Å². The zero-order valence-corrected chi connectivity index (χ0v) is 10.8. The number of nitrogens with one attached hydrogen (secondary N) is 1. The first-order valence-electron chi connectivity index (χ1n) is 5.97. The Bertz CT molecular complexity index is 777. The zero-order chi connectivity index (χ0) is 14.1. The van der Waals surface area contributed by atoms with Crippen LogP contribution in [0.25, 0.3) is 22.0 Å². The first-order valence-corrected chi connectivity index (χ1v) is 5.97. The van der Waals surface area contributed by atoms with Gasteiger partial charge in [-0.1, -0.05) is 18.2 Å². The smallest absolute Gasteiger partial charge is 0.355 e. The summed E-state index contributed by atoms with van der Waals surface area (Å²) in [5, 5.41) is 0.904. The van der Waals surface area contributed by atoms with Gasteiger partial charge < -0.3 is 15.5 Å². The van der Waals surface area contributed by atoms with Crippen LogP contribution in [0.5, 0.6) is 0 Å². The molecule has 6 nitrogen and oxygen atoms in total. The van der Waals surface area contributed by atoms with Gasteiger partial charge in [-0.3, -0.25) is 0 Å². The standard InChI is InChI=1S/C14H12N4O2/c1-20-13(19)12-11(8-6-16-14(15)17-7-8)9-4-2-3-5-10(9)18-12/h2-7,18H,1H3,(H2,15,16,17). The van der Waals surface area contributed by atoms with Crippen LogP contribution in [0.3, 0.4) is 0 Å². The highest BCUT2D eigenvalue weighted by Gasteiger charge is 2.19. The number of rotatable bonds is 2. The maximum absolute atomic E-state index is 11.9. The van der Waals surface area contributed by atoms with E-state index in [1.807, 2.05) is 24.3 Å². The Hall–Kier alpha value is -2.89. The van der Waals surface area contributed by atoms with E-state index >= 15 is 0 Å². The molecule has 2 heterocycles. The number of nitrogens with zero attached hydrogens (tertiary/aromatic N) is 2. The Balaban J connectivity index is 2.31. The number of anilines is 1. The van der Waals surface area contributed by atoms with Gasteiger partial charge in [-0.2, -0.15) is 0 Å². The Morgan fingerprint density at radius 2 is 1.95 bits per heavy atom. The van der Waals surface area contributed by atoms with Crippen molar-refractivity contribution < 1.29 is 9.53 Å². The van der Waals surface area contributed by atoms with Crippen LogP contribution in [0, 0.1) is 0 Å². The largest absolute Gasteiger partial charge is 0.464 e. The number of esters is 1. The van der Waals surface area contributed by atoms with Crippen molar-refractivity contribution in [3.8, 4) is 11.1 Å². The minimum atomic E-state index is -0.437. The first-order chi connectivity index (χ1) is 9.70. The van der Waals surface area contributed by atoms with Gasteiger partial charge in [0.25, 0.3) is 0 Å². The molecule has 0 fully saturated rings. The van der Waals surface area contributed by atoms with E-state index < -0.39 is 5.97 Å². The molecule has 0 amide bonds. The molecule has 20 heavy (non-hydrogen) atoms. The Morgan fingerprint density at radius 1 is 1.25 bits per heavy atom. The van der Waals surface area contributed by atoms with Crippen LogP contribution in [0.4, 0.5) is 5.95 Å². The van der Waals surface area contributed by atoms with Crippen molar-refractivity contribution in [3.05, 3.63) is 42.4 Å². The normalized spacial score (nSPS) is 10.7. The lowest BCUT2D eigenvalue weighted by Crippen LogP contribution is -2.03. The summed E-state index contributed by atoms with van der Waals surface area (Å²) in [6.07, 6.45) is 3.18. The van der Waals surface area contributed by atoms with Crippen molar-refractivity contribution >= 4 is 22.8 Å². The molecule has 0 bridgehead atoms. The summed E-state index contributed by atoms with van der Waals surface area (Å²) in [5.41, 5.74) is 8.14. The number of benzene rings is 1. The number of carbonyl (C=O) groups is 1. The highest BCUT2D eigenvalue weighted by Crippen LogP contribution is 2.32. The average Bonchev–Trinajstić information content (AvgIpc) is 2.87. The minimum Gasteiger partial charge on any atom is -0.464 e. The molecule has 3 N–H and O–H groups in total. The number of nitrogens with two attached hydrogens (primary N) is 1. The molecule has 0 spiro atoms. The van der Waals surface area contributed by atoms with E-state index in [0.717, 1.165) is 10.9 Å². The molecule has 6 heteroatoms. The number of carbonyl (C=O) groups excluding carboxylic acids is 1. The summed E-state index contributed by atoms with van der Waals surface area (Å²) in [6, 6.07) is 7.61. The van der Waals surface area contributed by atoms with Crippen LogP contribution < -0.4 is 5.73 Å². The van der Waals surface area contributed by atoms with Gasteiger partial charge in [0.2, 0.25) is 5.95 Å². The van der Waals surface area contributed by atoms with Crippen molar-refractivity contribution in [2.75, 3.05) is 12.8 Å². The third-order valence-electron chi connectivity index (χ3n) is 3.06. The number of aromatic amines is 1. The van der Waals surface area contributed by atoms with E-state index in [1.165, 1.54) is 7.11 Å². The van der Waals surface area contributed by atoms with E-state index in [-0.39, 0.29) is 5.95 Å². The predicted molar refractivity (Wildman–Crippen MR) is 75.1 cm³/mol. The number of nitrogen functional groups attached to an aromatic ring is 1. The number of fused-ring (bicyclic) bond motifs is 1. The quantitative estimate of drug-likeness (QED) is 0.693. The summed E-state index contributed by atoms with van der Waals surface area (Å²) in [6.45, 7) is 0. The molecular formula is C14H12N4O2. The average molecular weight is 268 g/mol. The summed E-state index contributed by atoms with van der Waals surface area (Å²) >= 11 is 0. The van der Waals surface area contributed by atoms with Gasteiger partial charge in [-0.05, 0) is 6.07 Å². The van der Waals surface area contributed by atoms with Crippen LogP contribution >= 0.6 is 0 Å². The number of para-hydroxylation sites is 1. The summed E-state index contributed by atoms with van der Waals surface area (Å²) < 4.78 is 4.82. The third-order valence-corrected chi connectivity index (χ3v) is 3.06. The fraction of sp³-hybridized carbons (Fsp3) is 0.0714. The molecule has 0 aliphatic heterocycles. The lowest BCUT2D eigenvalue weighted by Gasteiger charge is -2.03. The zero-order valence-electron chi connectivity index (χ0n) is 10.8. The molecule has 3 aromatic rings. The van der Waals surface area contributed by atoms with Crippen molar-refractivity contribution in [1.82, 2.24) is 15.0 Å². The van der Waals surface area contributed by atoms with E-state index in [4.69, 9.17) is 10.5 Å². The SMILES string of the molecule is COC(=O)c1[nH]c2ccccc2c1-c1cnc(N)nc1. The Labute approximate surface area is 114 Å². The maximum atomic E-state index is 11.9. The minimum absolute atomic E-state index is 0.188. The van der Waals surface area contributed by atoms with Gasteiger partial charge in [0.15, 0.2) is 0 Å². The van der Waals surface area contributed by atoms with Gasteiger partial charge in [0.05, 0.1) is 7.11 Å². The van der Waals surface area contributed by atoms with E-state index in [1.54, 1.807) is 12.4 Å². The molecule has 3 rings (SSSR count). The highest BCUT2D eigenvalue weighted by molar-refractivity contribution is 6.07. The second kappa shape index (κ2) is 4.65. The number of H-pyrrole nitrogens is 1. The summed E-state index contributed by atoms with van der Waals surface area (Å²) in [7, 11) is 1.34. The van der Waals surface area contributed by atoms with Gasteiger partial charge in [0, 0.05) is 34.4 Å².